The summed E-state index contributed by atoms with van der Waals surface area (Å²) in [4.78, 5) is 0. The Balaban J connectivity index is 2.06. The van der Waals surface area contributed by atoms with Crippen molar-refractivity contribution in [3.63, 3.8) is 0 Å². The second kappa shape index (κ2) is 2.49. The first-order chi connectivity index (χ1) is 4.81. The number of hydrogen-bond acceptors (Lipinski definition) is 1. The highest BCUT2D eigenvalue weighted by Crippen LogP contribution is 2.48. The van der Waals surface area contributed by atoms with E-state index in [1.165, 1.54) is 12.8 Å². The molecule has 10 heavy (non-hydrogen) atoms. The summed E-state index contributed by atoms with van der Waals surface area (Å²) in [6.45, 7) is 0. The van der Waals surface area contributed by atoms with Gasteiger partial charge in [0.2, 0.25) is 0 Å². The quantitative estimate of drug-likeness (QED) is 0.647. The predicted molar refractivity (Wildman–Crippen MR) is 44.1 cm³/mol. The third-order valence-electron chi connectivity index (χ3n) is 3.11. The lowest BCUT2D eigenvalue weighted by molar-refractivity contribution is 0.0882. The van der Waals surface area contributed by atoms with Gasteiger partial charge in [0.05, 0.1) is 6.10 Å². The minimum Gasteiger partial charge on any atom is -0.393 e. The van der Waals surface area contributed by atoms with Crippen LogP contribution >= 0.6 is 15.9 Å². The monoisotopic (exact) mass is 204 g/mol. The molecule has 1 nitrogen and oxygen atoms in total. The van der Waals surface area contributed by atoms with Crippen molar-refractivity contribution in [3.05, 3.63) is 0 Å². The molecule has 0 aromatic heterocycles. The molecule has 2 fully saturated rings. The Hall–Kier alpha value is 0.440. The first-order valence-electron chi connectivity index (χ1n) is 4.05. The fraction of sp³-hybridized carbons (Fsp3) is 1.00. The van der Waals surface area contributed by atoms with Crippen molar-refractivity contribution < 1.29 is 5.11 Å². The van der Waals surface area contributed by atoms with Crippen LogP contribution in [0.2, 0.25) is 0 Å². The van der Waals surface area contributed by atoms with Gasteiger partial charge in [-0.3, -0.25) is 0 Å². The van der Waals surface area contributed by atoms with Gasteiger partial charge in [0, 0.05) is 5.33 Å². The van der Waals surface area contributed by atoms with Gasteiger partial charge in [-0.2, -0.15) is 0 Å². The summed E-state index contributed by atoms with van der Waals surface area (Å²) in [5.74, 6) is 2.25. The van der Waals surface area contributed by atoms with E-state index in [4.69, 9.17) is 0 Å². The van der Waals surface area contributed by atoms with E-state index in [2.05, 4.69) is 15.9 Å². The lowest BCUT2D eigenvalue weighted by Crippen LogP contribution is -2.24. The summed E-state index contributed by atoms with van der Waals surface area (Å²) >= 11 is 3.49. The molecular weight excluding hydrogens is 192 g/mol. The molecule has 0 aromatic carbocycles. The van der Waals surface area contributed by atoms with Crippen molar-refractivity contribution in [1.82, 2.24) is 0 Å². The molecule has 0 aliphatic heterocycles. The summed E-state index contributed by atoms with van der Waals surface area (Å²) in [6, 6.07) is 0. The molecule has 1 N–H and O–H groups in total. The standard InChI is InChI=1S/C8H13BrO/c9-4-6-1-5-2-7(6)8(10)3-5/h5-8,10H,1-4H2/t5-,6-,7-,8+/m1/s1. The van der Waals surface area contributed by atoms with Gasteiger partial charge in [-0.05, 0) is 37.0 Å². The van der Waals surface area contributed by atoms with Gasteiger partial charge in [0.25, 0.3) is 0 Å². The molecule has 2 aliphatic carbocycles. The van der Waals surface area contributed by atoms with Crippen molar-refractivity contribution >= 4 is 15.9 Å². The second-order valence-corrected chi connectivity index (χ2v) is 4.37. The average molecular weight is 205 g/mol. The molecule has 0 amide bonds. The molecule has 0 radical (unpaired) electrons. The first-order valence-corrected chi connectivity index (χ1v) is 5.17. The van der Waals surface area contributed by atoms with Crippen LogP contribution < -0.4 is 0 Å². The number of alkyl halides is 1. The minimum atomic E-state index is 0.0290. The molecule has 0 spiro atoms. The highest BCUT2D eigenvalue weighted by atomic mass is 79.9. The van der Waals surface area contributed by atoms with Gasteiger partial charge in [0.15, 0.2) is 0 Å². The normalized spacial score (nSPS) is 52.2. The largest absolute Gasteiger partial charge is 0.393 e. The number of rotatable bonds is 1. The van der Waals surface area contributed by atoms with Crippen LogP contribution in [0.5, 0.6) is 0 Å². The van der Waals surface area contributed by atoms with Crippen LogP contribution in [0.15, 0.2) is 0 Å². The smallest absolute Gasteiger partial charge is 0.0574 e. The third kappa shape index (κ3) is 0.928. The number of halogens is 1. The van der Waals surface area contributed by atoms with Gasteiger partial charge in [0.1, 0.15) is 0 Å². The molecule has 2 rings (SSSR count). The highest BCUT2D eigenvalue weighted by Gasteiger charge is 2.44. The van der Waals surface area contributed by atoms with Gasteiger partial charge >= 0.3 is 0 Å². The minimum absolute atomic E-state index is 0.0290. The second-order valence-electron chi connectivity index (χ2n) is 3.72. The molecule has 2 bridgehead atoms. The van der Waals surface area contributed by atoms with Crippen LogP contribution in [0.1, 0.15) is 19.3 Å². The summed E-state index contributed by atoms with van der Waals surface area (Å²) in [5.41, 5.74) is 0. The van der Waals surface area contributed by atoms with E-state index in [1.807, 2.05) is 0 Å². The maximum atomic E-state index is 9.50. The maximum absolute atomic E-state index is 9.50. The van der Waals surface area contributed by atoms with E-state index >= 15 is 0 Å². The van der Waals surface area contributed by atoms with Crippen LogP contribution in [0.25, 0.3) is 0 Å². The van der Waals surface area contributed by atoms with Crippen LogP contribution in [-0.2, 0) is 0 Å². The predicted octanol–water partition coefficient (Wildman–Crippen LogP) is 1.79. The van der Waals surface area contributed by atoms with Crippen LogP contribution in [0.4, 0.5) is 0 Å². The van der Waals surface area contributed by atoms with Gasteiger partial charge in [-0.1, -0.05) is 15.9 Å². The third-order valence-corrected chi connectivity index (χ3v) is 3.95. The Morgan fingerprint density at radius 1 is 1.30 bits per heavy atom. The first kappa shape index (κ1) is 7.11. The molecule has 0 unspecified atom stereocenters. The van der Waals surface area contributed by atoms with Crippen molar-refractivity contribution in [2.24, 2.45) is 17.8 Å². The summed E-state index contributed by atoms with van der Waals surface area (Å²) in [5, 5.41) is 10.6. The molecule has 4 atom stereocenters. The number of hydrogen-bond donors (Lipinski definition) is 1. The number of fused-ring (bicyclic) bond motifs is 2. The van der Waals surface area contributed by atoms with Gasteiger partial charge in [-0.15, -0.1) is 0 Å². The number of aliphatic hydroxyl groups excluding tert-OH is 1. The van der Waals surface area contributed by atoms with Crippen molar-refractivity contribution in [2.45, 2.75) is 25.4 Å². The molecule has 0 saturated heterocycles. The van der Waals surface area contributed by atoms with Crippen LogP contribution in [0, 0.1) is 17.8 Å². The Labute approximate surface area is 69.9 Å². The van der Waals surface area contributed by atoms with E-state index < -0.39 is 0 Å². The SMILES string of the molecule is O[C@H]1C[C@@H]2C[C@H](CBr)[C@H]1C2. The molecule has 2 aliphatic rings. The zero-order valence-electron chi connectivity index (χ0n) is 5.96. The van der Waals surface area contributed by atoms with E-state index in [0.29, 0.717) is 5.92 Å². The Morgan fingerprint density at radius 2 is 2.10 bits per heavy atom. The van der Waals surface area contributed by atoms with E-state index in [-0.39, 0.29) is 6.10 Å². The highest BCUT2D eigenvalue weighted by molar-refractivity contribution is 9.09. The van der Waals surface area contributed by atoms with E-state index in [9.17, 15) is 5.11 Å². The van der Waals surface area contributed by atoms with Crippen molar-refractivity contribution in [2.75, 3.05) is 5.33 Å². The molecular formula is C8H13BrO. The summed E-state index contributed by atoms with van der Waals surface area (Å²) < 4.78 is 0. The Morgan fingerprint density at radius 3 is 2.50 bits per heavy atom. The van der Waals surface area contributed by atoms with E-state index in [1.54, 1.807) is 0 Å². The molecule has 0 aromatic rings. The Kier molecular flexibility index (Phi) is 1.77. The van der Waals surface area contributed by atoms with E-state index in [0.717, 1.165) is 23.6 Å². The molecule has 2 saturated carbocycles. The zero-order chi connectivity index (χ0) is 7.14. The zero-order valence-corrected chi connectivity index (χ0v) is 7.55. The van der Waals surface area contributed by atoms with Crippen LogP contribution in [-0.4, -0.2) is 16.5 Å². The molecule has 2 heteroatoms. The lowest BCUT2D eigenvalue weighted by atomic mass is 9.88. The number of aliphatic hydroxyl groups is 1. The fourth-order valence-electron chi connectivity index (χ4n) is 2.63. The summed E-state index contributed by atoms with van der Waals surface area (Å²) in [7, 11) is 0. The summed E-state index contributed by atoms with van der Waals surface area (Å²) in [6.07, 6.45) is 3.75. The molecule has 0 heterocycles. The fourth-order valence-corrected chi connectivity index (χ4v) is 3.38. The van der Waals surface area contributed by atoms with Gasteiger partial charge in [-0.25, -0.2) is 0 Å². The van der Waals surface area contributed by atoms with Crippen LogP contribution in [0.3, 0.4) is 0 Å². The lowest BCUT2D eigenvalue weighted by Gasteiger charge is -2.23. The topological polar surface area (TPSA) is 20.2 Å². The van der Waals surface area contributed by atoms with Gasteiger partial charge < -0.3 is 5.11 Å². The Bertz CT molecular complexity index is 135. The molecule has 58 valence electrons. The van der Waals surface area contributed by atoms with Crippen molar-refractivity contribution in [3.8, 4) is 0 Å². The van der Waals surface area contributed by atoms with Crippen molar-refractivity contribution in [1.29, 1.82) is 0 Å². The maximum Gasteiger partial charge on any atom is 0.0574 e. The average Bonchev–Trinajstić information content (AvgIpc) is 2.44.